The van der Waals surface area contributed by atoms with Crippen LogP contribution in [0.2, 0.25) is 0 Å². The quantitative estimate of drug-likeness (QED) is 0.555. The van der Waals surface area contributed by atoms with E-state index in [4.69, 9.17) is 15.7 Å². The van der Waals surface area contributed by atoms with Gasteiger partial charge in [0, 0.05) is 19.1 Å². The number of hydrogen-bond donors (Lipinski definition) is 3. The van der Waals surface area contributed by atoms with Crippen LogP contribution >= 0.6 is 0 Å². The van der Waals surface area contributed by atoms with Crippen LogP contribution < -0.4 is 26.7 Å². The van der Waals surface area contributed by atoms with E-state index in [2.05, 4.69) is 0 Å². The van der Waals surface area contributed by atoms with Gasteiger partial charge in [-0.15, -0.1) is 0 Å². The maximum Gasteiger partial charge on any atom is 0.387 e. The zero-order valence-corrected chi connectivity index (χ0v) is 16.5. The predicted octanol–water partition coefficient (Wildman–Crippen LogP) is 0.522. The molecule has 2 heterocycles. The van der Waals surface area contributed by atoms with E-state index >= 15 is 4.39 Å². The highest BCUT2D eigenvalue weighted by molar-refractivity contribution is 5.91. The van der Waals surface area contributed by atoms with E-state index in [0.717, 1.165) is 10.6 Å². The average Bonchev–Trinajstić information content (AvgIpc) is 3.57. The number of nitrogens with zero attached hydrogens (tertiary/aromatic N) is 3. The minimum atomic E-state index is -3.32. The highest BCUT2D eigenvalue weighted by atomic mass is 19.3. The third-order valence-electron chi connectivity index (χ3n) is 5.99. The van der Waals surface area contributed by atoms with Gasteiger partial charge in [0.15, 0.2) is 11.6 Å². The van der Waals surface area contributed by atoms with E-state index in [-0.39, 0.29) is 41.6 Å². The van der Waals surface area contributed by atoms with Crippen LogP contribution in [0, 0.1) is 11.7 Å². The van der Waals surface area contributed by atoms with Gasteiger partial charge in [0.2, 0.25) is 0 Å². The number of hydrogen-bond acceptors (Lipinski definition) is 7. The average molecular weight is 444 g/mol. The van der Waals surface area contributed by atoms with Gasteiger partial charge in [0.25, 0.3) is 5.56 Å². The van der Waals surface area contributed by atoms with Gasteiger partial charge in [-0.1, -0.05) is 0 Å². The number of piperidine rings is 1. The summed E-state index contributed by atoms with van der Waals surface area (Å²) in [5.41, 5.74) is -2.37. The van der Waals surface area contributed by atoms with E-state index in [1.165, 1.54) is 4.90 Å². The zero-order chi connectivity index (χ0) is 22.4. The fraction of sp³-hybridized carbons (Fsp3) is 0.579. The highest BCUT2D eigenvalue weighted by Crippen LogP contribution is 2.44. The van der Waals surface area contributed by atoms with Gasteiger partial charge in [0.1, 0.15) is 11.2 Å². The molecule has 1 saturated carbocycles. The summed E-state index contributed by atoms with van der Waals surface area (Å²) in [5, 5.41) is 18.7. The molecule has 1 unspecified atom stereocenters. The van der Waals surface area contributed by atoms with E-state index < -0.39 is 42.1 Å². The maximum atomic E-state index is 15.2. The molecule has 1 aromatic carbocycles. The smallest absolute Gasteiger partial charge is 0.387 e. The van der Waals surface area contributed by atoms with Gasteiger partial charge in [0.05, 0.1) is 18.1 Å². The molecule has 0 amide bonds. The Morgan fingerprint density at radius 3 is 2.39 bits per heavy atom. The van der Waals surface area contributed by atoms with Crippen molar-refractivity contribution in [2.24, 2.45) is 5.92 Å². The molecular weight excluding hydrogens is 421 g/mol. The first-order valence-electron chi connectivity index (χ1n) is 10.0. The van der Waals surface area contributed by atoms with Gasteiger partial charge in [-0.3, -0.25) is 9.36 Å². The standard InChI is InChI=1S/C19H23F3N4O5/c20-12-7-11-14(25(10-1-2-10)19(30)26(23)17(11)29)16(31-18(21)22)15(12)24-5-3-9(4-6-24)13(28)8-27/h7,9-10,13,18,27-28H,1-6,8,23H2. The Hall–Kier alpha value is -2.73. The molecule has 4 rings (SSSR count). The van der Waals surface area contributed by atoms with E-state index in [9.17, 15) is 23.5 Å². The second-order valence-electron chi connectivity index (χ2n) is 7.94. The Bertz CT molecular complexity index is 1110. The molecule has 1 atom stereocenters. The summed E-state index contributed by atoms with van der Waals surface area (Å²) in [4.78, 5) is 26.7. The lowest BCUT2D eigenvalue weighted by molar-refractivity contribution is -0.0489. The molecule has 31 heavy (non-hydrogen) atoms. The summed E-state index contributed by atoms with van der Waals surface area (Å²) in [6, 6.07) is 0.538. The number of aliphatic hydroxyl groups is 2. The first-order chi connectivity index (χ1) is 14.7. The Labute approximate surface area is 174 Å². The lowest BCUT2D eigenvalue weighted by atomic mass is 9.91. The number of anilines is 1. The number of rotatable bonds is 6. The Morgan fingerprint density at radius 2 is 1.84 bits per heavy atom. The molecule has 170 valence electrons. The summed E-state index contributed by atoms with van der Waals surface area (Å²) < 4.78 is 48.0. The largest absolute Gasteiger partial charge is 0.430 e. The minimum absolute atomic E-state index is 0.200. The molecule has 2 fully saturated rings. The van der Waals surface area contributed by atoms with E-state index in [1.54, 1.807) is 0 Å². The summed E-state index contributed by atoms with van der Waals surface area (Å²) >= 11 is 0. The van der Waals surface area contributed by atoms with Crippen LogP contribution in [0.4, 0.5) is 18.9 Å². The Kier molecular flexibility index (Phi) is 5.60. The number of nitrogen functional groups attached to an aromatic ring is 1. The summed E-state index contributed by atoms with van der Waals surface area (Å²) in [6.07, 6.45) is 1.00. The molecule has 9 nitrogen and oxygen atoms in total. The van der Waals surface area contributed by atoms with Crippen molar-refractivity contribution in [3.05, 3.63) is 32.7 Å². The van der Waals surface area contributed by atoms with E-state index in [1.807, 2.05) is 0 Å². The number of fused-ring (bicyclic) bond motifs is 1. The van der Waals surface area contributed by atoms with Crippen molar-refractivity contribution in [1.29, 1.82) is 0 Å². The molecule has 0 bridgehead atoms. The first-order valence-corrected chi connectivity index (χ1v) is 10.0. The Balaban J connectivity index is 1.91. The van der Waals surface area contributed by atoms with Crippen LogP contribution in [-0.4, -0.2) is 51.9 Å². The molecule has 1 saturated heterocycles. The lowest BCUT2D eigenvalue weighted by Crippen LogP contribution is -2.45. The topological polar surface area (TPSA) is 123 Å². The van der Waals surface area contributed by atoms with Gasteiger partial charge in [-0.25, -0.2) is 9.18 Å². The molecule has 0 spiro atoms. The summed E-state index contributed by atoms with van der Waals surface area (Å²) in [7, 11) is 0. The minimum Gasteiger partial charge on any atom is -0.430 e. The molecule has 1 aliphatic carbocycles. The number of alkyl halides is 2. The maximum absolute atomic E-state index is 15.2. The Morgan fingerprint density at radius 1 is 1.19 bits per heavy atom. The van der Waals surface area contributed by atoms with Crippen molar-refractivity contribution in [1.82, 2.24) is 9.24 Å². The van der Waals surface area contributed by atoms with E-state index in [0.29, 0.717) is 30.4 Å². The van der Waals surface area contributed by atoms with Gasteiger partial charge < -0.3 is 25.7 Å². The van der Waals surface area contributed by atoms with Crippen molar-refractivity contribution in [3.63, 3.8) is 0 Å². The molecule has 1 aromatic heterocycles. The number of aromatic nitrogens is 2. The second-order valence-corrected chi connectivity index (χ2v) is 7.94. The van der Waals surface area contributed by atoms with Gasteiger partial charge >= 0.3 is 12.3 Å². The van der Waals surface area contributed by atoms with Crippen molar-refractivity contribution in [2.45, 2.75) is 44.4 Å². The lowest BCUT2D eigenvalue weighted by Gasteiger charge is -2.36. The normalized spacial score (nSPS) is 18.7. The van der Waals surface area contributed by atoms with Crippen LogP contribution in [0.5, 0.6) is 5.75 Å². The summed E-state index contributed by atoms with van der Waals surface area (Å²) in [6.45, 7) is -3.33. The van der Waals surface area contributed by atoms with Crippen molar-refractivity contribution in [3.8, 4) is 5.75 Å². The van der Waals surface area contributed by atoms with Crippen LogP contribution in [-0.2, 0) is 0 Å². The van der Waals surface area contributed by atoms with Gasteiger partial charge in [-0.05, 0) is 37.7 Å². The van der Waals surface area contributed by atoms with Crippen molar-refractivity contribution in [2.75, 3.05) is 30.4 Å². The number of ether oxygens (including phenoxy) is 1. The van der Waals surface area contributed by atoms with Crippen LogP contribution in [0.15, 0.2) is 15.7 Å². The van der Waals surface area contributed by atoms with Crippen molar-refractivity contribution < 1.29 is 28.1 Å². The molecule has 0 radical (unpaired) electrons. The molecule has 1 aliphatic heterocycles. The number of halogens is 3. The van der Waals surface area contributed by atoms with Crippen LogP contribution in [0.1, 0.15) is 31.7 Å². The third-order valence-corrected chi connectivity index (χ3v) is 5.99. The fourth-order valence-corrected chi connectivity index (χ4v) is 4.26. The predicted molar refractivity (Wildman–Crippen MR) is 106 cm³/mol. The van der Waals surface area contributed by atoms with Gasteiger partial charge in [-0.2, -0.15) is 13.5 Å². The first kappa shape index (κ1) is 21.5. The monoisotopic (exact) mass is 444 g/mol. The van der Waals surface area contributed by atoms with Crippen LogP contribution in [0.3, 0.4) is 0 Å². The number of aliphatic hydroxyl groups excluding tert-OH is 2. The van der Waals surface area contributed by atoms with Crippen molar-refractivity contribution >= 4 is 16.6 Å². The molecule has 12 heteroatoms. The number of nitrogens with two attached hydrogens (primary N) is 1. The second kappa shape index (κ2) is 8.08. The number of benzene rings is 1. The highest BCUT2D eigenvalue weighted by Gasteiger charge is 2.34. The summed E-state index contributed by atoms with van der Waals surface area (Å²) in [5.74, 6) is 3.80. The zero-order valence-electron chi connectivity index (χ0n) is 16.5. The van der Waals surface area contributed by atoms with Crippen LogP contribution in [0.25, 0.3) is 10.9 Å². The molecule has 4 N–H and O–H groups in total. The third kappa shape index (κ3) is 3.74. The fourth-order valence-electron chi connectivity index (χ4n) is 4.26. The SMILES string of the molecule is Nn1c(=O)c2cc(F)c(N3CCC(C(O)CO)CC3)c(OC(F)F)c2n(C2CC2)c1=O. The molecule has 2 aliphatic rings. The molecule has 2 aromatic rings. The molecular formula is C19H23F3N4O5.